The predicted molar refractivity (Wildman–Crippen MR) is 60.5 cm³/mol. The molecule has 2 heteroatoms. The Hall–Kier alpha value is 0.0200. The van der Waals surface area contributed by atoms with E-state index in [9.17, 15) is 0 Å². The Balaban J connectivity index is 2.09. The standard InChI is InChI=1S/C11H19NS/c1-11(2,3)10-12-8-6-4-5-7-9(8)13-10/h8-9H,4-7H2,1-3H3. The van der Waals surface area contributed by atoms with Gasteiger partial charge < -0.3 is 0 Å². The molecule has 1 nitrogen and oxygen atoms in total. The van der Waals surface area contributed by atoms with Crippen LogP contribution >= 0.6 is 11.8 Å². The molecule has 0 bridgehead atoms. The van der Waals surface area contributed by atoms with Crippen LogP contribution in [0.25, 0.3) is 0 Å². The van der Waals surface area contributed by atoms with Crippen LogP contribution in [-0.2, 0) is 0 Å². The molecular weight excluding hydrogens is 178 g/mol. The fraction of sp³-hybridized carbons (Fsp3) is 0.909. The highest BCUT2D eigenvalue weighted by atomic mass is 32.2. The summed E-state index contributed by atoms with van der Waals surface area (Å²) >= 11 is 2.05. The lowest BCUT2D eigenvalue weighted by atomic mass is 9.94. The molecule has 2 atom stereocenters. The van der Waals surface area contributed by atoms with Gasteiger partial charge in [0.05, 0.1) is 11.1 Å². The largest absolute Gasteiger partial charge is 0.278 e. The fourth-order valence-electron chi connectivity index (χ4n) is 2.06. The van der Waals surface area contributed by atoms with Gasteiger partial charge in [0.25, 0.3) is 0 Å². The van der Waals surface area contributed by atoms with E-state index in [0.29, 0.717) is 6.04 Å². The molecule has 0 saturated heterocycles. The van der Waals surface area contributed by atoms with Crippen LogP contribution < -0.4 is 0 Å². The molecule has 1 saturated carbocycles. The normalized spacial score (nSPS) is 34.2. The van der Waals surface area contributed by atoms with Crippen LogP contribution in [0, 0.1) is 5.41 Å². The summed E-state index contributed by atoms with van der Waals surface area (Å²) in [6.45, 7) is 6.82. The first-order chi connectivity index (χ1) is 6.07. The lowest BCUT2D eigenvalue weighted by Gasteiger charge is -2.22. The van der Waals surface area contributed by atoms with Gasteiger partial charge in [-0.2, -0.15) is 0 Å². The Kier molecular flexibility index (Phi) is 2.43. The highest BCUT2D eigenvalue weighted by Gasteiger charge is 2.36. The quantitative estimate of drug-likeness (QED) is 0.579. The Morgan fingerprint density at radius 3 is 2.54 bits per heavy atom. The highest BCUT2D eigenvalue weighted by Crippen LogP contribution is 2.41. The van der Waals surface area contributed by atoms with Gasteiger partial charge in [-0.05, 0) is 12.8 Å². The van der Waals surface area contributed by atoms with E-state index in [4.69, 9.17) is 4.99 Å². The van der Waals surface area contributed by atoms with Crippen molar-refractivity contribution >= 4 is 16.8 Å². The van der Waals surface area contributed by atoms with Crippen molar-refractivity contribution in [2.75, 3.05) is 0 Å². The minimum atomic E-state index is 0.280. The van der Waals surface area contributed by atoms with Crippen LogP contribution in [0.3, 0.4) is 0 Å². The molecule has 0 amide bonds. The molecule has 0 N–H and O–H groups in total. The zero-order valence-electron chi connectivity index (χ0n) is 8.84. The summed E-state index contributed by atoms with van der Waals surface area (Å²) in [4.78, 5) is 4.86. The highest BCUT2D eigenvalue weighted by molar-refractivity contribution is 8.14. The monoisotopic (exact) mass is 197 g/mol. The second kappa shape index (κ2) is 3.30. The zero-order valence-corrected chi connectivity index (χ0v) is 9.66. The number of nitrogens with zero attached hydrogens (tertiary/aromatic N) is 1. The van der Waals surface area contributed by atoms with E-state index in [1.54, 1.807) is 0 Å². The molecule has 13 heavy (non-hydrogen) atoms. The number of hydrogen-bond donors (Lipinski definition) is 0. The molecule has 0 aromatic rings. The summed E-state index contributed by atoms with van der Waals surface area (Å²) in [5.41, 5.74) is 0.280. The van der Waals surface area contributed by atoms with Crippen molar-refractivity contribution < 1.29 is 0 Å². The molecule has 1 fully saturated rings. The van der Waals surface area contributed by atoms with Crippen molar-refractivity contribution in [3.05, 3.63) is 0 Å². The summed E-state index contributed by atoms with van der Waals surface area (Å²) in [5, 5.41) is 2.22. The van der Waals surface area contributed by atoms with Crippen LogP contribution in [0.4, 0.5) is 0 Å². The minimum Gasteiger partial charge on any atom is -0.278 e. The molecule has 0 aromatic heterocycles. The van der Waals surface area contributed by atoms with Crippen LogP contribution in [0.15, 0.2) is 4.99 Å². The molecule has 2 unspecified atom stereocenters. The number of thioether (sulfide) groups is 1. The van der Waals surface area contributed by atoms with E-state index in [-0.39, 0.29) is 5.41 Å². The third kappa shape index (κ3) is 1.93. The third-order valence-corrected chi connectivity index (χ3v) is 4.65. The van der Waals surface area contributed by atoms with Crippen LogP contribution in [0.1, 0.15) is 46.5 Å². The van der Waals surface area contributed by atoms with Gasteiger partial charge in [0.15, 0.2) is 0 Å². The van der Waals surface area contributed by atoms with Gasteiger partial charge in [0.1, 0.15) is 0 Å². The molecule has 74 valence electrons. The number of rotatable bonds is 0. The average Bonchev–Trinajstić information content (AvgIpc) is 2.45. The topological polar surface area (TPSA) is 12.4 Å². The van der Waals surface area contributed by atoms with Gasteiger partial charge in [-0.25, -0.2) is 0 Å². The van der Waals surface area contributed by atoms with Gasteiger partial charge in [0, 0.05) is 10.7 Å². The lowest BCUT2D eigenvalue weighted by molar-refractivity contribution is 0.459. The molecule has 1 aliphatic carbocycles. The van der Waals surface area contributed by atoms with Gasteiger partial charge in [-0.15, -0.1) is 11.8 Å². The maximum absolute atomic E-state index is 4.86. The van der Waals surface area contributed by atoms with Crippen molar-refractivity contribution in [1.29, 1.82) is 0 Å². The van der Waals surface area contributed by atoms with E-state index in [1.807, 2.05) is 0 Å². The first-order valence-corrected chi connectivity index (χ1v) is 6.20. The fourth-order valence-corrected chi connectivity index (χ4v) is 3.53. The van der Waals surface area contributed by atoms with Gasteiger partial charge in [0.2, 0.25) is 0 Å². The zero-order chi connectivity index (χ0) is 9.47. The van der Waals surface area contributed by atoms with Crippen molar-refractivity contribution in [3.8, 4) is 0 Å². The third-order valence-electron chi connectivity index (χ3n) is 2.86. The summed E-state index contributed by atoms with van der Waals surface area (Å²) in [7, 11) is 0. The van der Waals surface area contributed by atoms with E-state index < -0.39 is 0 Å². The average molecular weight is 197 g/mol. The first-order valence-electron chi connectivity index (χ1n) is 5.32. The molecule has 2 aliphatic rings. The molecule has 1 heterocycles. The van der Waals surface area contributed by atoms with Crippen molar-refractivity contribution in [2.45, 2.75) is 57.7 Å². The molecule has 0 radical (unpaired) electrons. The number of hydrogen-bond acceptors (Lipinski definition) is 2. The summed E-state index contributed by atoms with van der Waals surface area (Å²) in [5.74, 6) is 0. The smallest absolute Gasteiger partial charge is 0.0736 e. The van der Waals surface area contributed by atoms with Crippen molar-refractivity contribution in [2.24, 2.45) is 10.4 Å². The molecule has 0 aromatic carbocycles. The Morgan fingerprint density at radius 1 is 1.23 bits per heavy atom. The summed E-state index contributed by atoms with van der Waals surface area (Å²) < 4.78 is 0. The van der Waals surface area contributed by atoms with Crippen molar-refractivity contribution in [3.63, 3.8) is 0 Å². The van der Waals surface area contributed by atoms with Crippen LogP contribution in [0.2, 0.25) is 0 Å². The molecule has 1 aliphatic heterocycles. The molecular formula is C11H19NS. The predicted octanol–water partition coefficient (Wildman–Crippen LogP) is 3.49. The van der Waals surface area contributed by atoms with E-state index in [1.165, 1.54) is 30.7 Å². The summed E-state index contributed by atoms with van der Waals surface area (Å²) in [6.07, 6.45) is 5.53. The Morgan fingerprint density at radius 2 is 1.92 bits per heavy atom. The van der Waals surface area contributed by atoms with E-state index in [0.717, 1.165) is 5.25 Å². The number of aliphatic imine (C=N–C) groups is 1. The van der Waals surface area contributed by atoms with Gasteiger partial charge in [-0.1, -0.05) is 33.6 Å². The maximum Gasteiger partial charge on any atom is 0.0736 e. The van der Waals surface area contributed by atoms with E-state index in [2.05, 4.69) is 32.5 Å². The second-order valence-corrected chi connectivity index (χ2v) is 6.42. The van der Waals surface area contributed by atoms with E-state index >= 15 is 0 Å². The van der Waals surface area contributed by atoms with Gasteiger partial charge in [-0.3, -0.25) is 4.99 Å². The molecule has 2 rings (SSSR count). The number of fused-ring (bicyclic) bond motifs is 1. The van der Waals surface area contributed by atoms with Crippen LogP contribution in [0.5, 0.6) is 0 Å². The minimum absolute atomic E-state index is 0.280. The van der Waals surface area contributed by atoms with Crippen molar-refractivity contribution in [1.82, 2.24) is 0 Å². The lowest BCUT2D eigenvalue weighted by Crippen LogP contribution is -2.21. The second-order valence-electron chi connectivity index (χ2n) is 5.19. The van der Waals surface area contributed by atoms with Crippen LogP contribution in [-0.4, -0.2) is 16.3 Å². The van der Waals surface area contributed by atoms with Gasteiger partial charge >= 0.3 is 0 Å². The SMILES string of the molecule is CC(C)(C)C1=NC2CCCCC2S1. The Bertz CT molecular complexity index is 227. The Labute approximate surface area is 85.4 Å². The summed E-state index contributed by atoms with van der Waals surface area (Å²) in [6, 6.07) is 0.660. The first kappa shape index (κ1) is 9.57. The molecule has 0 spiro atoms. The maximum atomic E-state index is 4.86.